The summed E-state index contributed by atoms with van der Waals surface area (Å²) >= 11 is 0. The average molecular weight is 363 g/mol. The fourth-order valence-corrected chi connectivity index (χ4v) is 4.82. The standard InChI is InChI=1S/C26H31F/c1-18-3-7-20(8-4-18)21-11-13-23(14-12-21)25-16-15-24(17-26(25)27)22-9-5-19(2)6-10-22/h3,11-17,19-20,22H,4-10H2,1-2H3. The first-order chi connectivity index (χ1) is 13.1. The summed E-state index contributed by atoms with van der Waals surface area (Å²) in [6.07, 6.45) is 10.9. The highest BCUT2D eigenvalue weighted by molar-refractivity contribution is 5.65. The van der Waals surface area contributed by atoms with Crippen LogP contribution in [0.2, 0.25) is 0 Å². The minimum Gasteiger partial charge on any atom is -0.206 e. The molecule has 0 spiro atoms. The van der Waals surface area contributed by atoms with Crippen LogP contribution >= 0.6 is 0 Å². The number of rotatable bonds is 3. The zero-order chi connectivity index (χ0) is 18.8. The number of halogens is 1. The predicted octanol–water partition coefficient (Wildman–Crippen LogP) is 8.00. The van der Waals surface area contributed by atoms with Crippen LogP contribution < -0.4 is 0 Å². The summed E-state index contributed by atoms with van der Waals surface area (Å²) in [5, 5.41) is 0. The van der Waals surface area contributed by atoms with Gasteiger partial charge >= 0.3 is 0 Å². The van der Waals surface area contributed by atoms with Crippen LogP contribution in [0.25, 0.3) is 11.1 Å². The molecule has 27 heavy (non-hydrogen) atoms. The van der Waals surface area contributed by atoms with Crippen LogP contribution in [0.3, 0.4) is 0 Å². The lowest BCUT2D eigenvalue weighted by Gasteiger charge is -2.26. The first-order valence-corrected chi connectivity index (χ1v) is 10.7. The lowest BCUT2D eigenvalue weighted by atomic mass is 9.79. The van der Waals surface area contributed by atoms with Crippen LogP contribution in [0.4, 0.5) is 4.39 Å². The molecule has 1 fully saturated rings. The molecule has 0 heterocycles. The van der Waals surface area contributed by atoms with E-state index in [2.05, 4.69) is 50.3 Å². The first-order valence-electron chi connectivity index (χ1n) is 10.7. The van der Waals surface area contributed by atoms with Crippen LogP contribution in [0.1, 0.15) is 81.8 Å². The Labute approximate surface area is 163 Å². The summed E-state index contributed by atoms with van der Waals surface area (Å²) in [5.41, 5.74) is 5.80. The predicted molar refractivity (Wildman–Crippen MR) is 113 cm³/mol. The highest BCUT2D eigenvalue weighted by atomic mass is 19.1. The maximum atomic E-state index is 14.9. The Kier molecular flexibility index (Phi) is 5.48. The van der Waals surface area contributed by atoms with E-state index in [-0.39, 0.29) is 5.82 Å². The smallest absolute Gasteiger partial charge is 0.131 e. The molecule has 0 amide bonds. The molecule has 4 rings (SSSR count). The summed E-state index contributed by atoms with van der Waals surface area (Å²) < 4.78 is 14.9. The van der Waals surface area contributed by atoms with Crippen LogP contribution in [0, 0.1) is 11.7 Å². The largest absolute Gasteiger partial charge is 0.206 e. The molecule has 0 N–H and O–H groups in total. The van der Waals surface area contributed by atoms with Gasteiger partial charge in [-0.15, -0.1) is 0 Å². The van der Waals surface area contributed by atoms with Crippen molar-refractivity contribution in [1.29, 1.82) is 0 Å². The monoisotopic (exact) mass is 362 g/mol. The number of hydrogen-bond donors (Lipinski definition) is 0. The van der Waals surface area contributed by atoms with E-state index in [4.69, 9.17) is 0 Å². The van der Waals surface area contributed by atoms with Crippen molar-refractivity contribution in [2.24, 2.45) is 5.92 Å². The van der Waals surface area contributed by atoms with Crippen molar-refractivity contribution < 1.29 is 4.39 Å². The van der Waals surface area contributed by atoms with Gasteiger partial charge in [-0.05, 0) is 79.5 Å². The van der Waals surface area contributed by atoms with Crippen LogP contribution in [0.5, 0.6) is 0 Å². The van der Waals surface area contributed by atoms with Gasteiger partial charge in [0.25, 0.3) is 0 Å². The summed E-state index contributed by atoms with van der Waals surface area (Å²) in [4.78, 5) is 0. The molecule has 2 aromatic carbocycles. The van der Waals surface area contributed by atoms with Gasteiger partial charge in [0, 0.05) is 5.56 Å². The van der Waals surface area contributed by atoms with Crippen molar-refractivity contribution in [3.8, 4) is 11.1 Å². The van der Waals surface area contributed by atoms with Crippen LogP contribution in [0.15, 0.2) is 54.1 Å². The minimum atomic E-state index is -0.0740. The quantitative estimate of drug-likeness (QED) is 0.485. The van der Waals surface area contributed by atoms with Crippen molar-refractivity contribution in [2.45, 2.75) is 70.6 Å². The maximum absolute atomic E-state index is 14.9. The second kappa shape index (κ2) is 8.00. The molecule has 0 aromatic heterocycles. The van der Waals surface area contributed by atoms with E-state index in [9.17, 15) is 4.39 Å². The molecule has 1 unspecified atom stereocenters. The third-order valence-electron chi connectivity index (χ3n) is 6.81. The lowest BCUT2D eigenvalue weighted by Crippen LogP contribution is -2.11. The first kappa shape index (κ1) is 18.5. The second-order valence-electron chi connectivity index (χ2n) is 8.84. The molecule has 0 nitrogen and oxygen atoms in total. The van der Waals surface area contributed by atoms with E-state index in [1.54, 1.807) is 6.07 Å². The Morgan fingerprint density at radius 1 is 0.815 bits per heavy atom. The van der Waals surface area contributed by atoms with Gasteiger partial charge in [0.15, 0.2) is 0 Å². The highest BCUT2D eigenvalue weighted by Crippen LogP contribution is 2.37. The van der Waals surface area contributed by atoms with Crippen LogP contribution in [-0.2, 0) is 0 Å². The summed E-state index contributed by atoms with van der Waals surface area (Å²) in [6.45, 7) is 4.55. The zero-order valence-electron chi connectivity index (χ0n) is 16.7. The molecule has 1 atom stereocenters. The Hall–Kier alpha value is -1.89. The molecule has 0 saturated heterocycles. The molecule has 0 radical (unpaired) electrons. The summed E-state index contributed by atoms with van der Waals surface area (Å²) in [6, 6.07) is 14.5. The molecular weight excluding hydrogens is 331 g/mol. The van der Waals surface area contributed by atoms with Gasteiger partial charge in [-0.2, -0.15) is 0 Å². The van der Waals surface area contributed by atoms with E-state index in [0.29, 0.717) is 11.8 Å². The van der Waals surface area contributed by atoms with Gasteiger partial charge in [-0.3, -0.25) is 0 Å². The molecule has 2 aromatic rings. The van der Waals surface area contributed by atoms with E-state index in [1.165, 1.54) is 55.2 Å². The number of allylic oxidation sites excluding steroid dienone is 2. The van der Waals surface area contributed by atoms with E-state index in [0.717, 1.165) is 23.5 Å². The SMILES string of the molecule is CC1=CCC(c2ccc(-c3ccc(C4CCC(C)CC4)cc3F)cc2)CC1. The topological polar surface area (TPSA) is 0 Å². The summed E-state index contributed by atoms with van der Waals surface area (Å²) in [5.74, 6) is 1.90. The van der Waals surface area contributed by atoms with Gasteiger partial charge in [-0.1, -0.05) is 67.8 Å². The van der Waals surface area contributed by atoms with E-state index < -0.39 is 0 Å². The Balaban J connectivity index is 1.50. The van der Waals surface area contributed by atoms with Crippen molar-refractivity contribution in [3.05, 3.63) is 71.1 Å². The summed E-state index contributed by atoms with van der Waals surface area (Å²) in [7, 11) is 0. The molecule has 1 heteroatoms. The number of hydrogen-bond acceptors (Lipinski definition) is 0. The highest BCUT2D eigenvalue weighted by Gasteiger charge is 2.21. The third-order valence-corrected chi connectivity index (χ3v) is 6.81. The minimum absolute atomic E-state index is 0.0740. The molecule has 2 aliphatic rings. The van der Waals surface area contributed by atoms with Gasteiger partial charge in [-0.25, -0.2) is 4.39 Å². The van der Waals surface area contributed by atoms with Crippen molar-refractivity contribution in [3.63, 3.8) is 0 Å². The van der Waals surface area contributed by atoms with Crippen molar-refractivity contribution in [2.75, 3.05) is 0 Å². The molecule has 0 aliphatic heterocycles. The zero-order valence-corrected chi connectivity index (χ0v) is 16.7. The molecule has 0 bridgehead atoms. The van der Waals surface area contributed by atoms with E-state index >= 15 is 0 Å². The van der Waals surface area contributed by atoms with Gasteiger partial charge in [0.2, 0.25) is 0 Å². The molecule has 142 valence electrons. The average Bonchev–Trinajstić information content (AvgIpc) is 2.69. The molecule has 2 aliphatic carbocycles. The fraction of sp³-hybridized carbons (Fsp3) is 0.462. The van der Waals surface area contributed by atoms with Crippen molar-refractivity contribution in [1.82, 2.24) is 0 Å². The Morgan fingerprint density at radius 3 is 2.15 bits per heavy atom. The van der Waals surface area contributed by atoms with Crippen molar-refractivity contribution >= 4 is 0 Å². The van der Waals surface area contributed by atoms with E-state index in [1.807, 2.05) is 6.07 Å². The van der Waals surface area contributed by atoms with Gasteiger partial charge in [0.05, 0.1) is 0 Å². The fourth-order valence-electron chi connectivity index (χ4n) is 4.82. The normalized spacial score (nSPS) is 25.9. The lowest BCUT2D eigenvalue weighted by molar-refractivity contribution is 0.347. The number of benzene rings is 2. The Bertz CT molecular complexity index is 807. The third kappa shape index (κ3) is 4.18. The van der Waals surface area contributed by atoms with Crippen LogP contribution in [-0.4, -0.2) is 0 Å². The van der Waals surface area contributed by atoms with Gasteiger partial charge in [0.1, 0.15) is 5.82 Å². The molecular formula is C26H31F. The van der Waals surface area contributed by atoms with Gasteiger partial charge < -0.3 is 0 Å². The Morgan fingerprint density at radius 2 is 1.52 bits per heavy atom. The maximum Gasteiger partial charge on any atom is 0.131 e. The second-order valence-corrected chi connectivity index (χ2v) is 8.84. The molecule has 1 saturated carbocycles.